The molecule has 1 atom stereocenters. The first-order valence-corrected chi connectivity index (χ1v) is 11.7. The minimum Gasteiger partial charge on any atom is -0.493 e. The number of thiazole rings is 1. The molecular formula is C24H25N5O5S. The van der Waals surface area contributed by atoms with Crippen molar-refractivity contribution in [2.75, 3.05) is 19.5 Å². The molecular weight excluding hydrogens is 470 g/mol. The SMILES string of the molecule is COc1cc2ncn(CC(=O)N[C@H](C(=O)Nc3nc4ccccc4s3)C(C)C)c(=O)c2cc1OC. The second-order valence-corrected chi connectivity index (χ2v) is 9.20. The lowest BCUT2D eigenvalue weighted by molar-refractivity contribution is -0.127. The van der Waals surface area contributed by atoms with Gasteiger partial charge in [0.2, 0.25) is 11.8 Å². The van der Waals surface area contributed by atoms with Gasteiger partial charge in [0.05, 0.1) is 41.7 Å². The van der Waals surface area contributed by atoms with Crippen molar-refractivity contribution in [1.29, 1.82) is 0 Å². The fraction of sp³-hybridized carbons (Fsp3) is 0.292. The van der Waals surface area contributed by atoms with E-state index in [1.165, 1.54) is 42.5 Å². The summed E-state index contributed by atoms with van der Waals surface area (Å²) in [6, 6.07) is 9.88. The van der Waals surface area contributed by atoms with Crippen molar-refractivity contribution in [3.63, 3.8) is 0 Å². The minimum absolute atomic E-state index is 0.198. The number of ether oxygens (including phenoxy) is 2. The summed E-state index contributed by atoms with van der Waals surface area (Å²) in [6.07, 6.45) is 1.29. The number of aromatic nitrogens is 3. The van der Waals surface area contributed by atoms with Crippen LogP contribution in [0.2, 0.25) is 0 Å². The third kappa shape index (κ3) is 5.09. The largest absolute Gasteiger partial charge is 0.493 e. The number of methoxy groups -OCH3 is 2. The van der Waals surface area contributed by atoms with Crippen LogP contribution in [0.1, 0.15) is 13.8 Å². The molecule has 2 N–H and O–H groups in total. The summed E-state index contributed by atoms with van der Waals surface area (Å²) < 4.78 is 12.6. The Kier molecular flexibility index (Phi) is 6.97. The van der Waals surface area contributed by atoms with Gasteiger partial charge >= 0.3 is 0 Å². The Morgan fingerprint density at radius 3 is 2.49 bits per heavy atom. The van der Waals surface area contributed by atoms with E-state index in [-0.39, 0.29) is 23.8 Å². The highest BCUT2D eigenvalue weighted by Crippen LogP contribution is 2.30. The quantitative estimate of drug-likeness (QED) is 0.385. The van der Waals surface area contributed by atoms with Gasteiger partial charge in [-0.25, -0.2) is 9.97 Å². The third-order valence-electron chi connectivity index (χ3n) is 5.43. The number of anilines is 1. The number of hydrogen-bond acceptors (Lipinski definition) is 8. The molecule has 2 heterocycles. The predicted molar refractivity (Wildman–Crippen MR) is 134 cm³/mol. The number of hydrogen-bond donors (Lipinski definition) is 2. The minimum atomic E-state index is -0.817. The van der Waals surface area contributed by atoms with Crippen molar-refractivity contribution in [3.05, 3.63) is 53.1 Å². The van der Waals surface area contributed by atoms with E-state index in [9.17, 15) is 14.4 Å². The van der Waals surface area contributed by atoms with Crippen molar-refractivity contribution in [1.82, 2.24) is 19.9 Å². The third-order valence-corrected chi connectivity index (χ3v) is 6.38. The number of rotatable bonds is 8. The molecule has 0 aliphatic rings. The van der Waals surface area contributed by atoms with Crippen molar-refractivity contribution in [3.8, 4) is 11.5 Å². The molecule has 4 aromatic rings. The van der Waals surface area contributed by atoms with Gasteiger partial charge in [-0.15, -0.1) is 0 Å². The number of para-hydroxylation sites is 1. The Hall–Kier alpha value is -3.99. The zero-order valence-corrected chi connectivity index (χ0v) is 20.5. The summed E-state index contributed by atoms with van der Waals surface area (Å²) >= 11 is 1.36. The van der Waals surface area contributed by atoms with E-state index in [0.717, 1.165) is 10.2 Å². The highest BCUT2D eigenvalue weighted by atomic mass is 32.1. The fourth-order valence-corrected chi connectivity index (χ4v) is 4.48. The van der Waals surface area contributed by atoms with Crippen molar-refractivity contribution >= 4 is 49.4 Å². The number of carbonyl (C=O) groups is 2. The monoisotopic (exact) mass is 495 g/mol. The number of carbonyl (C=O) groups excluding carboxylic acids is 2. The zero-order valence-electron chi connectivity index (χ0n) is 19.7. The highest BCUT2D eigenvalue weighted by molar-refractivity contribution is 7.22. The molecule has 2 aromatic heterocycles. The fourth-order valence-electron chi connectivity index (χ4n) is 3.62. The van der Waals surface area contributed by atoms with Crippen LogP contribution in [0.4, 0.5) is 5.13 Å². The summed E-state index contributed by atoms with van der Waals surface area (Å²) in [5.74, 6) is -0.245. The Morgan fingerprint density at radius 2 is 1.80 bits per heavy atom. The molecule has 35 heavy (non-hydrogen) atoms. The Morgan fingerprint density at radius 1 is 1.09 bits per heavy atom. The van der Waals surface area contributed by atoms with Gasteiger partial charge in [0, 0.05) is 6.07 Å². The van der Waals surface area contributed by atoms with Crippen LogP contribution in [-0.4, -0.2) is 46.6 Å². The second kappa shape index (κ2) is 10.1. The number of nitrogens with one attached hydrogen (secondary N) is 2. The van der Waals surface area contributed by atoms with Gasteiger partial charge in [0.25, 0.3) is 5.56 Å². The van der Waals surface area contributed by atoms with Crippen molar-refractivity contribution in [2.45, 2.75) is 26.4 Å². The van der Waals surface area contributed by atoms with Gasteiger partial charge < -0.3 is 20.1 Å². The highest BCUT2D eigenvalue weighted by Gasteiger charge is 2.25. The van der Waals surface area contributed by atoms with Crippen LogP contribution in [0, 0.1) is 5.92 Å². The molecule has 0 saturated heterocycles. The molecule has 0 radical (unpaired) electrons. The van der Waals surface area contributed by atoms with Crippen molar-refractivity contribution < 1.29 is 19.1 Å². The molecule has 0 unspecified atom stereocenters. The average Bonchev–Trinajstić information content (AvgIpc) is 3.25. The molecule has 4 rings (SSSR count). The first-order valence-electron chi connectivity index (χ1n) is 10.9. The van der Waals surface area contributed by atoms with E-state index >= 15 is 0 Å². The summed E-state index contributed by atoms with van der Waals surface area (Å²) in [5, 5.41) is 6.25. The van der Waals surface area contributed by atoms with E-state index in [1.54, 1.807) is 6.07 Å². The lowest BCUT2D eigenvalue weighted by Crippen LogP contribution is -2.48. The molecule has 0 aliphatic heterocycles. The summed E-state index contributed by atoms with van der Waals surface area (Å²) in [5.41, 5.74) is 0.793. The first-order chi connectivity index (χ1) is 16.8. The Labute approximate surface area is 204 Å². The topological polar surface area (TPSA) is 124 Å². The van der Waals surface area contributed by atoms with Gasteiger partial charge in [-0.1, -0.05) is 37.3 Å². The van der Waals surface area contributed by atoms with Gasteiger partial charge in [0.1, 0.15) is 12.6 Å². The van der Waals surface area contributed by atoms with Gasteiger partial charge in [-0.2, -0.15) is 0 Å². The number of nitrogens with zero attached hydrogens (tertiary/aromatic N) is 3. The van der Waals surface area contributed by atoms with Gasteiger partial charge in [0.15, 0.2) is 16.6 Å². The standard InChI is InChI=1S/C24H25N5O5S/c1-13(2)21(22(31)28-24-26-15-7-5-6-8-19(15)35-24)27-20(30)11-29-12-25-16-10-18(34-4)17(33-3)9-14(16)23(29)32/h5-10,12-13,21H,11H2,1-4H3,(H,27,30)(H,26,28,31)/t21-/m0/s1. The molecule has 0 spiro atoms. The smallest absolute Gasteiger partial charge is 0.261 e. The summed E-state index contributed by atoms with van der Waals surface area (Å²) in [7, 11) is 2.96. The molecule has 0 saturated carbocycles. The molecule has 182 valence electrons. The number of fused-ring (bicyclic) bond motifs is 2. The molecule has 0 fully saturated rings. The first kappa shape index (κ1) is 24.1. The maximum absolute atomic E-state index is 13.0. The van der Waals surface area contributed by atoms with Crippen LogP contribution in [-0.2, 0) is 16.1 Å². The van der Waals surface area contributed by atoms with Gasteiger partial charge in [-0.3, -0.25) is 19.0 Å². The molecule has 10 nitrogen and oxygen atoms in total. The molecule has 2 aromatic carbocycles. The molecule has 0 aliphatic carbocycles. The maximum Gasteiger partial charge on any atom is 0.261 e. The number of amides is 2. The zero-order chi connectivity index (χ0) is 25.1. The van der Waals surface area contributed by atoms with Crippen LogP contribution >= 0.6 is 11.3 Å². The Bertz CT molecular complexity index is 1430. The van der Waals surface area contributed by atoms with Crippen molar-refractivity contribution in [2.24, 2.45) is 5.92 Å². The van der Waals surface area contributed by atoms with E-state index in [2.05, 4.69) is 20.6 Å². The Balaban J connectivity index is 1.50. The van der Waals surface area contributed by atoms with Crippen LogP contribution in [0.5, 0.6) is 11.5 Å². The molecule has 0 bridgehead atoms. The van der Waals surface area contributed by atoms with E-state index in [0.29, 0.717) is 22.1 Å². The van der Waals surface area contributed by atoms with E-state index < -0.39 is 17.5 Å². The normalized spacial score (nSPS) is 12.0. The second-order valence-electron chi connectivity index (χ2n) is 8.17. The molecule has 2 amide bonds. The predicted octanol–water partition coefficient (Wildman–Crippen LogP) is 2.80. The average molecular weight is 496 g/mol. The number of benzene rings is 2. The lowest BCUT2D eigenvalue weighted by Gasteiger charge is -2.21. The van der Waals surface area contributed by atoms with Crippen LogP contribution in [0.3, 0.4) is 0 Å². The van der Waals surface area contributed by atoms with Crippen LogP contribution in [0.25, 0.3) is 21.1 Å². The maximum atomic E-state index is 13.0. The van der Waals surface area contributed by atoms with Crippen LogP contribution < -0.4 is 25.7 Å². The van der Waals surface area contributed by atoms with Gasteiger partial charge in [-0.05, 0) is 24.1 Å². The lowest BCUT2D eigenvalue weighted by atomic mass is 10.0. The van der Waals surface area contributed by atoms with E-state index in [1.807, 2.05) is 38.1 Å². The summed E-state index contributed by atoms with van der Waals surface area (Å²) in [4.78, 5) is 47.4. The molecule has 11 heteroatoms. The van der Waals surface area contributed by atoms with E-state index in [4.69, 9.17) is 9.47 Å². The van der Waals surface area contributed by atoms with Crippen LogP contribution in [0.15, 0.2) is 47.5 Å². The summed E-state index contributed by atoms with van der Waals surface area (Å²) in [6.45, 7) is 3.35.